The highest BCUT2D eigenvalue weighted by molar-refractivity contribution is 7.99. The number of likely N-dealkylation sites (N-methyl/N-ethyl adjacent to an activating group) is 1. The third kappa shape index (κ3) is 4.48. The van der Waals surface area contributed by atoms with Crippen LogP contribution in [0.2, 0.25) is 5.02 Å². The summed E-state index contributed by atoms with van der Waals surface area (Å²) in [6.45, 7) is 4.20. The SMILES string of the molecule is CNC(CSc1cccc(Cl)c1)Cc1nc(C)c(C)s1. The molecule has 0 aliphatic heterocycles. The number of rotatable bonds is 6. The van der Waals surface area contributed by atoms with Crippen LogP contribution in [0.3, 0.4) is 0 Å². The van der Waals surface area contributed by atoms with Gasteiger partial charge in [0.05, 0.1) is 10.7 Å². The van der Waals surface area contributed by atoms with Gasteiger partial charge < -0.3 is 5.32 Å². The van der Waals surface area contributed by atoms with Gasteiger partial charge in [-0.25, -0.2) is 4.98 Å². The van der Waals surface area contributed by atoms with Crippen LogP contribution in [0.4, 0.5) is 0 Å². The van der Waals surface area contributed by atoms with E-state index in [1.165, 1.54) is 14.8 Å². The lowest BCUT2D eigenvalue weighted by molar-refractivity contribution is 0.615. The zero-order valence-electron chi connectivity index (χ0n) is 11.9. The number of hydrogen-bond acceptors (Lipinski definition) is 4. The number of nitrogens with one attached hydrogen (secondary N) is 1. The number of thioether (sulfide) groups is 1. The van der Waals surface area contributed by atoms with Gasteiger partial charge in [0.2, 0.25) is 0 Å². The van der Waals surface area contributed by atoms with Crippen molar-refractivity contribution in [2.75, 3.05) is 12.8 Å². The van der Waals surface area contributed by atoms with E-state index in [0.717, 1.165) is 22.9 Å². The highest BCUT2D eigenvalue weighted by Crippen LogP contribution is 2.24. The molecule has 2 nitrogen and oxygen atoms in total. The minimum atomic E-state index is 0.420. The first-order valence-electron chi connectivity index (χ1n) is 6.57. The second-order valence-corrected chi connectivity index (χ2v) is 7.52. The number of halogens is 1. The number of benzene rings is 1. The summed E-state index contributed by atoms with van der Waals surface area (Å²) in [6, 6.07) is 8.43. The monoisotopic (exact) mass is 326 g/mol. The normalized spacial score (nSPS) is 12.6. The van der Waals surface area contributed by atoms with E-state index in [0.29, 0.717) is 6.04 Å². The van der Waals surface area contributed by atoms with Gasteiger partial charge in [0.1, 0.15) is 0 Å². The van der Waals surface area contributed by atoms with Crippen molar-refractivity contribution in [3.63, 3.8) is 0 Å². The molecule has 108 valence electrons. The molecular weight excluding hydrogens is 308 g/mol. The Morgan fingerprint density at radius 3 is 2.80 bits per heavy atom. The molecule has 1 N–H and O–H groups in total. The maximum absolute atomic E-state index is 6.01. The predicted molar refractivity (Wildman–Crippen MR) is 90.3 cm³/mol. The third-order valence-electron chi connectivity index (χ3n) is 3.15. The van der Waals surface area contributed by atoms with Crippen molar-refractivity contribution >= 4 is 34.7 Å². The Balaban J connectivity index is 1.92. The molecule has 1 aromatic heterocycles. The van der Waals surface area contributed by atoms with Gasteiger partial charge in [-0.2, -0.15) is 0 Å². The molecule has 0 fully saturated rings. The molecule has 0 amide bonds. The molecule has 0 radical (unpaired) electrons. The molecule has 2 aromatic rings. The summed E-state index contributed by atoms with van der Waals surface area (Å²) in [6.07, 6.45) is 0.976. The fourth-order valence-electron chi connectivity index (χ4n) is 1.84. The van der Waals surface area contributed by atoms with E-state index in [1.807, 2.05) is 37.0 Å². The van der Waals surface area contributed by atoms with Crippen molar-refractivity contribution in [3.05, 3.63) is 44.9 Å². The van der Waals surface area contributed by atoms with Crippen LogP contribution in [0, 0.1) is 13.8 Å². The molecule has 0 spiro atoms. The van der Waals surface area contributed by atoms with Crippen molar-refractivity contribution in [1.82, 2.24) is 10.3 Å². The first kappa shape index (κ1) is 15.8. The fourth-order valence-corrected chi connectivity index (χ4v) is 4.17. The van der Waals surface area contributed by atoms with Crippen LogP contribution in [0.15, 0.2) is 29.2 Å². The smallest absolute Gasteiger partial charge is 0.0946 e. The summed E-state index contributed by atoms with van der Waals surface area (Å²) >= 11 is 9.63. The van der Waals surface area contributed by atoms with E-state index in [1.54, 1.807) is 11.3 Å². The molecule has 1 atom stereocenters. The summed E-state index contributed by atoms with van der Waals surface area (Å²) < 4.78 is 0. The molecule has 0 saturated heterocycles. The minimum absolute atomic E-state index is 0.420. The van der Waals surface area contributed by atoms with E-state index in [-0.39, 0.29) is 0 Å². The van der Waals surface area contributed by atoms with Crippen molar-refractivity contribution < 1.29 is 0 Å². The Bertz CT molecular complexity index is 549. The number of aryl methyl sites for hydroxylation is 2. The quantitative estimate of drug-likeness (QED) is 0.799. The topological polar surface area (TPSA) is 24.9 Å². The average Bonchev–Trinajstić information content (AvgIpc) is 2.73. The average molecular weight is 327 g/mol. The molecule has 0 bridgehead atoms. The van der Waals surface area contributed by atoms with Gasteiger partial charge in [-0.3, -0.25) is 0 Å². The molecule has 0 aliphatic carbocycles. The molecule has 1 aromatic carbocycles. The Morgan fingerprint density at radius 1 is 1.40 bits per heavy atom. The van der Waals surface area contributed by atoms with Crippen molar-refractivity contribution in [1.29, 1.82) is 0 Å². The molecule has 0 saturated carbocycles. The first-order chi connectivity index (χ1) is 9.58. The molecule has 2 rings (SSSR count). The zero-order chi connectivity index (χ0) is 14.5. The number of thiazole rings is 1. The van der Waals surface area contributed by atoms with Crippen LogP contribution in [-0.2, 0) is 6.42 Å². The largest absolute Gasteiger partial charge is 0.316 e. The second kappa shape index (κ2) is 7.46. The van der Waals surface area contributed by atoms with E-state index in [9.17, 15) is 0 Å². The minimum Gasteiger partial charge on any atom is -0.316 e. The van der Waals surface area contributed by atoms with Crippen molar-refractivity contribution in [3.8, 4) is 0 Å². The molecular formula is C15H19ClN2S2. The van der Waals surface area contributed by atoms with Crippen molar-refractivity contribution in [2.24, 2.45) is 0 Å². The third-order valence-corrected chi connectivity index (χ3v) is 5.64. The van der Waals surface area contributed by atoms with Gasteiger partial charge in [0.25, 0.3) is 0 Å². The lowest BCUT2D eigenvalue weighted by Crippen LogP contribution is -2.30. The first-order valence-corrected chi connectivity index (χ1v) is 8.75. The van der Waals surface area contributed by atoms with E-state index >= 15 is 0 Å². The maximum atomic E-state index is 6.01. The fraction of sp³-hybridized carbons (Fsp3) is 0.400. The molecule has 1 heterocycles. The van der Waals surface area contributed by atoms with Crippen LogP contribution in [-0.4, -0.2) is 23.8 Å². The number of hydrogen-bond donors (Lipinski definition) is 1. The van der Waals surface area contributed by atoms with Crippen LogP contribution in [0.5, 0.6) is 0 Å². The molecule has 0 aliphatic rings. The predicted octanol–water partition coefficient (Wildman–Crippen LogP) is 4.34. The Hall–Kier alpha value is -0.550. The lowest BCUT2D eigenvalue weighted by atomic mass is 10.2. The van der Waals surface area contributed by atoms with E-state index in [4.69, 9.17) is 11.6 Å². The standard InChI is InChI=1S/C15H19ClN2S2/c1-10-11(2)20-15(18-10)8-13(17-3)9-19-14-6-4-5-12(16)7-14/h4-7,13,17H,8-9H2,1-3H3. The molecule has 20 heavy (non-hydrogen) atoms. The summed E-state index contributed by atoms with van der Waals surface area (Å²) in [5.41, 5.74) is 1.15. The van der Waals surface area contributed by atoms with Gasteiger partial charge in [0, 0.05) is 33.0 Å². The van der Waals surface area contributed by atoms with Crippen molar-refractivity contribution in [2.45, 2.75) is 31.2 Å². The van der Waals surface area contributed by atoms with Gasteiger partial charge in [0.15, 0.2) is 0 Å². The summed E-state index contributed by atoms with van der Waals surface area (Å²) in [5.74, 6) is 1.01. The van der Waals surface area contributed by atoms with Crippen LogP contribution in [0.25, 0.3) is 0 Å². The van der Waals surface area contributed by atoms with Gasteiger partial charge >= 0.3 is 0 Å². The summed E-state index contributed by atoms with van der Waals surface area (Å²) in [4.78, 5) is 7.14. The summed E-state index contributed by atoms with van der Waals surface area (Å²) in [5, 5.41) is 5.38. The van der Waals surface area contributed by atoms with E-state index in [2.05, 4.69) is 30.2 Å². The van der Waals surface area contributed by atoms with Crippen LogP contribution in [0.1, 0.15) is 15.6 Å². The number of aromatic nitrogens is 1. The maximum Gasteiger partial charge on any atom is 0.0946 e. The Morgan fingerprint density at radius 2 is 2.20 bits per heavy atom. The Labute approximate surface area is 134 Å². The van der Waals surface area contributed by atoms with Gasteiger partial charge in [-0.15, -0.1) is 23.1 Å². The Kier molecular flexibility index (Phi) is 5.90. The van der Waals surface area contributed by atoms with Crippen LogP contribution < -0.4 is 5.32 Å². The lowest BCUT2D eigenvalue weighted by Gasteiger charge is -2.14. The highest BCUT2D eigenvalue weighted by atomic mass is 35.5. The van der Waals surface area contributed by atoms with Crippen LogP contribution >= 0.6 is 34.7 Å². The summed E-state index contributed by atoms with van der Waals surface area (Å²) in [7, 11) is 2.01. The molecule has 5 heteroatoms. The second-order valence-electron chi connectivity index (χ2n) is 4.71. The number of nitrogens with zero attached hydrogens (tertiary/aromatic N) is 1. The zero-order valence-corrected chi connectivity index (χ0v) is 14.3. The van der Waals surface area contributed by atoms with Gasteiger partial charge in [-0.05, 0) is 39.1 Å². The van der Waals surface area contributed by atoms with Gasteiger partial charge in [-0.1, -0.05) is 17.7 Å². The van der Waals surface area contributed by atoms with E-state index < -0.39 is 0 Å². The highest BCUT2D eigenvalue weighted by Gasteiger charge is 2.12. The molecule has 1 unspecified atom stereocenters.